The molecule has 2 amide bonds. The molecule has 0 bridgehead atoms. The minimum absolute atomic E-state index is 0.311. The first-order chi connectivity index (χ1) is 9.24. The zero-order valence-electron chi connectivity index (χ0n) is 10.6. The van der Waals surface area contributed by atoms with Gasteiger partial charge >= 0.3 is 6.03 Å². The summed E-state index contributed by atoms with van der Waals surface area (Å²) in [5, 5.41) is 16.2. The van der Waals surface area contributed by atoms with Crippen LogP contribution < -0.4 is 10.6 Å². The van der Waals surface area contributed by atoms with Crippen LogP contribution in [0.5, 0.6) is 0 Å². The van der Waals surface area contributed by atoms with Crippen molar-refractivity contribution >= 4 is 17.7 Å². The molecule has 100 valence electrons. The maximum atomic E-state index is 11.8. The second-order valence-corrected chi connectivity index (χ2v) is 4.79. The summed E-state index contributed by atoms with van der Waals surface area (Å²) in [6, 6.07) is 3.49. The fourth-order valence-electron chi connectivity index (χ4n) is 2.11. The SMILES string of the molecule is C[C@@H](C1CC1)n1nccc1NC(=O)Nc1ccn[nH]1. The maximum Gasteiger partial charge on any atom is 0.325 e. The molecule has 1 atom stereocenters. The summed E-state index contributed by atoms with van der Waals surface area (Å²) < 4.78 is 1.87. The summed E-state index contributed by atoms with van der Waals surface area (Å²) in [5.41, 5.74) is 0. The van der Waals surface area contributed by atoms with Crippen molar-refractivity contribution in [2.45, 2.75) is 25.8 Å². The van der Waals surface area contributed by atoms with Crippen LogP contribution in [0.15, 0.2) is 24.5 Å². The molecule has 0 spiro atoms. The Balaban J connectivity index is 1.66. The van der Waals surface area contributed by atoms with Gasteiger partial charge in [0.2, 0.25) is 0 Å². The van der Waals surface area contributed by atoms with Crippen LogP contribution in [-0.2, 0) is 0 Å². The Kier molecular flexibility index (Phi) is 2.94. The number of aromatic nitrogens is 4. The molecule has 7 nitrogen and oxygen atoms in total. The summed E-state index contributed by atoms with van der Waals surface area (Å²) in [5.74, 6) is 1.94. The van der Waals surface area contributed by atoms with Crippen molar-refractivity contribution < 1.29 is 4.79 Å². The molecule has 0 radical (unpaired) electrons. The first-order valence-electron chi connectivity index (χ1n) is 6.35. The van der Waals surface area contributed by atoms with Crippen LogP contribution in [0, 0.1) is 5.92 Å². The third-order valence-electron chi connectivity index (χ3n) is 3.35. The van der Waals surface area contributed by atoms with Crippen molar-refractivity contribution in [2.24, 2.45) is 5.92 Å². The van der Waals surface area contributed by atoms with E-state index in [0.717, 1.165) is 0 Å². The lowest BCUT2D eigenvalue weighted by Crippen LogP contribution is -2.23. The molecule has 7 heteroatoms. The van der Waals surface area contributed by atoms with Gasteiger partial charge in [0.25, 0.3) is 0 Å². The van der Waals surface area contributed by atoms with Crippen LogP contribution in [0.2, 0.25) is 0 Å². The number of nitrogens with one attached hydrogen (secondary N) is 3. The molecule has 1 aliphatic rings. The first kappa shape index (κ1) is 11.8. The standard InChI is InChI=1S/C12H16N6O/c1-8(9-2-3-9)18-11(5-7-14-18)16-12(19)15-10-4-6-13-17-10/h4-9H,2-3H2,1H3,(H3,13,15,16,17,19)/t8-/m0/s1. The summed E-state index contributed by atoms with van der Waals surface area (Å²) >= 11 is 0. The van der Waals surface area contributed by atoms with E-state index in [2.05, 4.69) is 32.9 Å². The quantitative estimate of drug-likeness (QED) is 0.787. The smallest absolute Gasteiger partial charge is 0.292 e. The Morgan fingerprint density at radius 3 is 2.95 bits per heavy atom. The zero-order valence-corrected chi connectivity index (χ0v) is 10.6. The van der Waals surface area contributed by atoms with E-state index in [9.17, 15) is 4.79 Å². The second-order valence-electron chi connectivity index (χ2n) is 4.79. The van der Waals surface area contributed by atoms with Crippen molar-refractivity contribution in [3.05, 3.63) is 24.5 Å². The lowest BCUT2D eigenvalue weighted by Gasteiger charge is -2.15. The van der Waals surface area contributed by atoms with Crippen molar-refractivity contribution in [1.82, 2.24) is 20.0 Å². The highest BCUT2D eigenvalue weighted by atomic mass is 16.2. The van der Waals surface area contributed by atoms with Crippen LogP contribution in [0.1, 0.15) is 25.8 Å². The van der Waals surface area contributed by atoms with Gasteiger partial charge in [-0.15, -0.1) is 0 Å². The molecule has 0 aliphatic heterocycles. The summed E-state index contributed by atoms with van der Waals surface area (Å²) in [7, 11) is 0. The Hall–Kier alpha value is -2.31. The lowest BCUT2D eigenvalue weighted by atomic mass is 10.2. The first-order valence-corrected chi connectivity index (χ1v) is 6.35. The van der Waals surface area contributed by atoms with Crippen LogP contribution >= 0.6 is 0 Å². The van der Waals surface area contributed by atoms with E-state index in [1.54, 1.807) is 24.5 Å². The van der Waals surface area contributed by atoms with E-state index in [4.69, 9.17) is 0 Å². The highest BCUT2D eigenvalue weighted by Crippen LogP contribution is 2.40. The van der Waals surface area contributed by atoms with Crippen LogP contribution in [0.3, 0.4) is 0 Å². The molecule has 19 heavy (non-hydrogen) atoms. The molecule has 2 aromatic heterocycles. The van der Waals surface area contributed by atoms with Gasteiger partial charge in [0.15, 0.2) is 0 Å². The van der Waals surface area contributed by atoms with Crippen LogP contribution in [-0.4, -0.2) is 26.0 Å². The summed E-state index contributed by atoms with van der Waals surface area (Å²) in [6.07, 6.45) is 5.75. The molecular formula is C12H16N6O. The number of carbonyl (C=O) groups is 1. The highest BCUT2D eigenvalue weighted by molar-refractivity contribution is 5.98. The molecule has 1 fully saturated rings. The number of aromatic amines is 1. The predicted octanol–water partition coefficient (Wildman–Crippen LogP) is 2.22. The number of hydrogen-bond acceptors (Lipinski definition) is 3. The van der Waals surface area contributed by atoms with Crippen molar-refractivity contribution in [2.75, 3.05) is 10.6 Å². The normalized spacial score (nSPS) is 16.1. The van der Waals surface area contributed by atoms with Crippen LogP contribution in [0.4, 0.5) is 16.4 Å². The summed E-state index contributed by atoms with van der Waals surface area (Å²) in [6.45, 7) is 2.13. The largest absolute Gasteiger partial charge is 0.325 e. The number of H-pyrrole nitrogens is 1. The Morgan fingerprint density at radius 2 is 2.26 bits per heavy atom. The maximum absolute atomic E-state index is 11.8. The minimum atomic E-state index is -0.311. The van der Waals surface area contributed by atoms with Gasteiger partial charge in [-0.05, 0) is 25.7 Å². The van der Waals surface area contributed by atoms with Gasteiger partial charge in [0.05, 0.1) is 18.4 Å². The average molecular weight is 260 g/mol. The number of amides is 2. The topological polar surface area (TPSA) is 87.6 Å². The minimum Gasteiger partial charge on any atom is -0.292 e. The fraction of sp³-hybridized carbons (Fsp3) is 0.417. The number of carbonyl (C=O) groups excluding carboxylic acids is 1. The molecule has 1 aliphatic carbocycles. The molecule has 2 heterocycles. The van der Waals surface area contributed by atoms with E-state index >= 15 is 0 Å². The van der Waals surface area contributed by atoms with E-state index in [0.29, 0.717) is 23.6 Å². The van der Waals surface area contributed by atoms with E-state index in [1.165, 1.54) is 12.8 Å². The Morgan fingerprint density at radius 1 is 1.42 bits per heavy atom. The molecule has 3 rings (SSSR count). The Bertz CT molecular complexity index is 557. The molecule has 1 saturated carbocycles. The number of anilines is 2. The van der Waals surface area contributed by atoms with Gasteiger partial charge in [0, 0.05) is 12.1 Å². The van der Waals surface area contributed by atoms with Gasteiger partial charge in [-0.25, -0.2) is 9.48 Å². The molecule has 0 unspecified atom stereocenters. The number of urea groups is 1. The van der Waals surface area contributed by atoms with Crippen LogP contribution in [0.25, 0.3) is 0 Å². The van der Waals surface area contributed by atoms with E-state index < -0.39 is 0 Å². The molecule has 3 N–H and O–H groups in total. The van der Waals surface area contributed by atoms with Gasteiger partial charge in [0.1, 0.15) is 11.6 Å². The average Bonchev–Trinajstić information content (AvgIpc) is 2.93. The second kappa shape index (κ2) is 4.75. The highest BCUT2D eigenvalue weighted by Gasteiger charge is 2.30. The van der Waals surface area contributed by atoms with Gasteiger partial charge in [-0.3, -0.25) is 15.7 Å². The zero-order chi connectivity index (χ0) is 13.2. The number of hydrogen-bond donors (Lipinski definition) is 3. The fourth-order valence-corrected chi connectivity index (χ4v) is 2.11. The van der Waals surface area contributed by atoms with Crippen molar-refractivity contribution in [3.8, 4) is 0 Å². The third-order valence-corrected chi connectivity index (χ3v) is 3.35. The molecule has 0 saturated heterocycles. The summed E-state index contributed by atoms with van der Waals surface area (Å²) in [4.78, 5) is 11.8. The number of nitrogens with zero attached hydrogens (tertiary/aromatic N) is 3. The molecule has 0 aromatic carbocycles. The Labute approximate surface area is 110 Å². The van der Waals surface area contributed by atoms with E-state index in [1.807, 2.05) is 4.68 Å². The predicted molar refractivity (Wildman–Crippen MR) is 70.9 cm³/mol. The van der Waals surface area contributed by atoms with Crippen molar-refractivity contribution in [1.29, 1.82) is 0 Å². The van der Waals surface area contributed by atoms with Gasteiger partial charge in [-0.2, -0.15) is 10.2 Å². The van der Waals surface area contributed by atoms with Gasteiger partial charge < -0.3 is 0 Å². The molecule has 2 aromatic rings. The van der Waals surface area contributed by atoms with E-state index in [-0.39, 0.29) is 6.03 Å². The lowest BCUT2D eigenvalue weighted by molar-refractivity contribution is 0.261. The number of rotatable bonds is 4. The molecular weight excluding hydrogens is 244 g/mol. The van der Waals surface area contributed by atoms with Crippen molar-refractivity contribution in [3.63, 3.8) is 0 Å². The monoisotopic (exact) mass is 260 g/mol. The van der Waals surface area contributed by atoms with Gasteiger partial charge in [-0.1, -0.05) is 0 Å². The third kappa shape index (κ3) is 2.59.